The van der Waals surface area contributed by atoms with Crippen LogP contribution in [-0.2, 0) is 19.6 Å². The molecular formula is C27H30N2O6S. The van der Waals surface area contributed by atoms with Crippen molar-refractivity contribution in [2.24, 2.45) is 0 Å². The summed E-state index contributed by atoms with van der Waals surface area (Å²) in [4.78, 5) is 25.5. The lowest BCUT2D eigenvalue weighted by molar-refractivity contribution is -0.114. The fourth-order valence-electron chi connectivity index (χ4n) is 3.60. The molecule has 1 amide bonds. The minimum absolute atomic E-state index is 0.0488. The zero-order chi connectivity index (χ0) is 26.3. The van der Waals surface area contributed by atoms with Gasteiger partial charge < -0.3 is 14.8 Å². The maximum Gasteiger partial charge on any atom is 0.338 e. The maximum atomic E-state index is 13.7. The number of para-hydroxylation sites is 2. The van der Waals surface area contributed by atoms with E-state index in [2.05, 4.69) is 5.32 Å². The Morgan fingerprint density at radius 2 is 1.58 bits per heavy atom. The van der Waals surface area contributed by atoms with Gasteiger partial charge in [0.15, 0.2) is 0 Å². The summed E-state index contributed by atoms with van der Waals surface area (Å²) in [5, 5.41) is 2.74. The number of carbonyl (C=O) groups excluding carboxylic acids is 2. The molecule has 36 heavy (non-hydrogen) atoms. The highest BCUT2D eigenvalue weighted by molar-refractivity contribution is 7.92. The van der Waals surface area contributed by atoms with Crippen molar-refractivity contribution in [1.82, 2.24) is 0 Å². The van der Waals surface area contributed by atoms with Crippen molar-refractivity contribution in [3.8, 4) is 5.75 Å². The molecule has 0 fully saturated rings. The molecule has 0 aliphatic heterocycles. The second-order valence-electron chi connectivity index (χ2n) is 7.97. The van der Waals surface area contributed by atoms with Crippen LogP contribution in [0.25, 0.3) is 0 Å². The molecule has 0 spiro atoms. The van der Waals surface area contributed by atoms with Crippen LogP contribution in [0, 0.1) is 13.8 Å². The Kier molecular flexibility index (Phi) is 8.71. The Morgan fingerprint density at radius 3 is 2.25 bits per heavy atom. The number of ether oxygens (including phenoxy) is 2. The standard InChI is InChI=1S/C27H30N2O6S/c1-5-34-25-13-8-7-12-24(25)29(36(32,33)21-16-14-19(3)15-17-21)18-26(30)28-23-11-9-10-22(20(23)4)27(31)35-6-2/h7-17H,5-6,18H2,1-4H3,(H,28,30). The number of benzene rings is 3. The Labute approximate surface area is 211 Å². The average Bonchev–Trinajstić information content (AvgIpc) is 2.85. The van der Waals surface area contributed by atoms with Crippen LogP contribution in [0.2, 0.25) is 0 Å². The molecule has 9 heteroatoms. The van der Waals surface area contributed by atoms with Crippen molar-refractivity contribution in [2.45, 2.75) is 32.6 Å². The molecule has 0 heterocycles. The molecule has 0 aliphatic carbocycles. The van der Waals surface area contributed by atoms with Gasteiger partial charge in [0.05, 0.1) is 29.4 Å². The summed E-state index contributed by atoms with van der Waals surface area (Å²) in [6.45, 7) is 7.08. The number of anilines is 2. The first-order valence-corrected chi connectivity index (χ1v) is 13.0. The van der Waals surface area contributed by atoms with Gasteiger partial charge in [-0.3, -0.25) is 9.10 Å². The van der Waals surface area contributed by atoms with Gasteiger partial charge in [-0.05, 0) is 69.7 Å². The van der Waals surface area contributed by atoms with E-state index in [1.807, 2.05) is 6.92 Å². The summed E-state index contributed by atoms with van der Waals surface area (Å²) in [5.74, 6) is -0.745. The number of aryl methyl sites for hydroxylation is 1. The largest absolute Gasteiger partial charge is 0.492 e. The Balaban J connectivity index is 1.99. The number of carbonyl (C=O) groups is 2. The lowest BCUT2D eigenvalue weighted by Gasteiger charge is -2.26. The van der Waals surface area contributed by atoms with Crippen molar-refractivity contribution in [3.63, 3.8) is 0 Å². The van der Waals surface area contributed by atoms with Crippen molar-refractivity contribution in [1.29, 1.82) is 0 Å². The minimum Gasteiger partial charge on any atom is -0.492 e. The molecule has 0 saturated heterocycles. The number of nitrogens with zero attached hydrogens (tertiary/aromatic N) is 1. The molecule has 0 atom stereocenters. The molecule has 0 radical (unpaired) electrons. The van der Waals surface area contributed by atoms with E-state index < -0.39 is 28.4 Å². The van der Waals surface area contributed by atoms with E-state index in [9.17, 15) is 18.0 Å². The predicted octanol–water partition coefficient (Wildman–Crippen LogP) is 4.71. The van der Waals surface area contributed by atoms with Crippen LogP contribution in [0.4, 0.5) is 11.4 Å². The predicted molar refractivity (Wildman–Crippen MR) is 139 cm³/mol. The van der Waals surface area contributed by atoms with E-state index in [-0.39, 0.29) is 17.2 Å². The minimum atomic E-state index is -4.12. The highest BCUT2D eigenvalue weighted by Crippen LogP contribution is 2.32. The third-order valence-corrected chi connectivity index (χ3v) is 7.21. The van der Waals surface area contributed by atoms with Crippen molar-refractivity contribution >= 4 is 33.3 Å². The monoisotopic (exact) mass is 510 g/mol. The van der Waals surface area contributed by atoms with E-state index in [4.69, 9.17) is 9.47 Å². The summed E-state index contributed by atoms with van der Waals surface area (Å²) in [5.41, 5.74) is 2.38. The van der Waals surface area contributed by atoms with Crippen molar-refractivity contribution in [2.75, 3.05) is 29.4 Å². The van der Waals surface area contributed by atoms with Gasteiger partial charge in [0.1, 0.15) is 12.3 Å². The smallest absolute Gasteiger partial charge is 0.338 e. The summed E-state index contributed by atoms with van der Waals surface area (Å²) >= 11 is 0. The summed E-state index contributed by atoms with van der Waals surface area (Å²) in [7, 11) is -4.12. The fourth-order valence-corrected chi connectivity index (χ4v) is 5.03. The quantitative estimate of drug-likeness (QED) is 0.396. The van der Waals surface area contributed by atoms with Gasteiger partial charge >= 0.3 is 5.97 Å². The molecule has 190 valence electrons. The molecule has 8 nitrogen and oxygen atoms in total. The molecule has 0 unspecified atom stereocenters. The Morgan fingerprint density at radius 1 is 0.889 bits per heavy atom. The molecule has 0 bridgehead atoms. The highest BCUT2D eigenvalue weighted by atomic mass is 32.2. The zero-order valence-electron chi connectivity index (χ0n) is 20.8. The molecule has 3 aromatic rings. The highest BCUT2D eigenvalue weighted by Gasteiger charge is 2.29. The number of amides is 1. The molecular weight excluding hydrogens is 480 g/mol. The van der Waals surface area contributed by atoms with Gasteiger partial charge in [0.2, 0.25) is 5.91 Å². The van der Waals surface area contributed by atoms with Gasteiger partial charge in [0, 0.05) is 5.69 Å². The topological polar surface area (TPSA) is 102 Å². The number of hydrogen-bond donors (Lipinski definition) is 1. The van der Waals surface area contributed by atoms with Gasteiger partial charge in [-0.1, -0.05) is 35.9 Å². The number of rotatable bonds is 10. The summed E-state index contributed by atoms with van der Waals surface area (Å²) in [6, 6.07) is 17.9. The molecule has 3 rings (SSSR count). The van der Waals surface area contributed by atoms with Crippen molar-refractivity contribution < 1.29 is 27.5 Å². The van der Waals surface area contributed by atoms with Gasteiger partial charge in [0.25, 0.3) is 10.0 Å². The fraction of sp³-hybridized carbons (Fsp3) is 0.259. The third-order valence-electron chi connectivity index (χ3n) is 5.43. The van der Waals surface area contributed by atoms with Crippen LogP contribution in [0.15, 0.2) is 71.6 Å². The average molecular weight is 511 g/mol. The molecule has 1 N–H and O–H groups in total. The normalized spacial score (nSPS) is 11.0. The Bertz CT molecular complexity index is 1340. The first-order valence-electron chi connectivity index (χ1n) is 11.6. The van der Waals surface area contributed by atoms with Crippen LogP contribution in [0.1, 0.15) is 35.3 Å². The van der Waals surface area contributed by atoms with E-state index in [1.165, 1.54) is 12.1 Å². The van der Waals surface area contributed by atoms with E-state index >= 15 is 0 Å². The maximum absolute atomic E-state index is 13.7. The van der Waals surface area contributed by atoms with Crippen LogP contribution in [-0.4, -0.2) is 40.1 Å². The van der Waals surface area contributed by atoms with Gasteiger partial charge in [-0.15, -0.1) is 0 Å². The van der Waals surface area contributed by atoms with Gasteiger partial charge in [-0.25, -0.2) is 13.2 Å². The van der Waals surface area contributed by atoms with Crippen LogP contribution in [0.5, 0.6) is 5.75 Å². The lowest BCUT2D eigenvalue weighted by atomic mass is 10.1. The van der Waals surface area contributed by atoms with Crippen molar-refractivity contribution in [3.05, 3.63) is 83.4 Å². The molecule has 0 aliphatic rings. The van der Waals surface area contributed by atoms with Crippen LogP contribution >= 0.6 is 0 Å². The lowest BCUT2D eigenvalue weighted by Crippen LogP contribution is -2.38. The van der Waals surface area contributed by atoms with Crippen LogP contribution < -0.4 is 14.4 Å². The van der Waals surface area contributed by atoms with Gasteiger partial charge in [-0.2, -0.15) is 0 Å². The number of sulfonamides is 1. The Hall–Kier alpha value is -3.85. The zero-order valence-corrected chi connectivity index (χ0v) is 21.6. The number of nitrogens with one attached hydrogen (secondary N) is 1. The van der Waals surface area contributed by atoms with E-state index in [0.717, 1.165) is 9.87 Å². The summed E-state index contributed by atoms with van der Waals surface area (Å²) < 4.78 is 39.2. The number of esters is 1. The van der Waals surface area contributed by atoms with E-state index in [0.29, 0.717) is 29.2 Å². The third kappa shape index (κ3) is 6.04. The second kappa shape index (κ2) is 11.7. The first kappa shape index (κ1) is 26.7. The number of hydrogen-bond acceptors (Lipinski definition) is 6. The van der Waals surface area contributed by atoms with E-state index in [1.54, 1.807) is 75.4 Å². The van der Waals surface area contributed by atoms with Crippen LogP contribution in [0.3, 0.4) is 0 Å². The molecule has 3 aromatic carbocycles. The second-order valence-corrected chi connectivity index (χ2v) is 9.83. The first-order chi connectivity index (χ1) is 17.2. The molecule has 0 saturated carbocycles. The molecule has 0 aromatic heterocycles. The SMILES string of the molecule is CCOC(=O)c1cccc(NC(=O)CN(c2ccccc2OCC)S(=O)(=O)c2ccc(C)cc2)c1C. The summed E-state index contributed by atoms with van der Waals surface area (Å²) in [6.07, 6.45) is 0.